The van der Waals surface area contributed by atoms with Crippen LogP contribution in [-0.2, 0) is 13.0 Å². The summed E-state index contributed by atoms with van der Waals surface area (Å²) in [5, 5.41) is 4.63. The molecule has 4 nitrogen and oxygen atoms in total. The summed E-state index contributed by atoms with van der Waals surface area (Å²) in [6.45, 7) is 3.25. The van der Waals surface area contributed by atoms with Gasteiger partial charge in [-0.25, -0.2) is 0 Å². The Balaban J connectivity index is 1.52. The summed E-state index contributed by atoms with van der Waals surface area (Å²) in [6, 6.07) is 16.0. The van der Waals surface area contributed by atoms with Gasteiger partial charge in [0, 0.05) is 11.4 Å². The first-order valence-electron chi connectivity index (χ1n) is 8.93. The average Bonchev–Trinajstić information content (AvgIpc) is 3.06. The highest BCUT2D eigenvalue weighted by Crippen LogP contribution is 2.36. The van der Waals surface area contributed by atoms with Crippen molar-refractivity contribution in [2.24, 2.45) is 0 Å². The molecule has 0 spiro atoms. The van der Waals surface area contributed by atoms with Crippen molar-refractivity contribution in [3.63, 3.8) is 0 Å². The lowest BCUT2D eigenvalue weighted by Gasteiger charge is -2.20. The van der Waals surface area contributed by atoms with Crippen molar-refractivity contribution in [2.75, 3.05) is 6.61 Å². The maximum absolute atomic E-state index is 12.8. The Morgan fingerprint density at radius 2 is 2.08 bits per heavy atom. The number of amides is 1. The molecule has 0 aliphatic carbocycles. The minimum absolute atomic E-state index is 0.0642. The first-order chi connectivity index (χ1) is 12.6. The molecule has 3 aromatic rings. The van der Waals surface area contributed by atoms with Gasteiger partial charge in [-0.05, 0) is 43.5 Å². The molecule has 1 amide bonds. The molecule has 2 aromatic carbocycles. The molecule has 1 aliphatic heterocycles. The number of halogens is 1. The second kappa shape index (κ2) is 7.04. The maximum atomic E-state index is 12.8. The molecule has 0 unspecified atom stereocenters. The Bertz CT molecular complexity index is 950. The average molecular weight is 369 g/mol. The zero-order valence-electron chi connectivity index (χ0n) is 14.7. The molecule has 1 N–H and O–H groups in total. The van der Waals surface area contributed by atoms with Crippen LogP contribution >= 0.6 is 11.6 Å². The fourth-order valence-electron chi connectivity index (χ4n) is 3.50. The minimum atomic E-state index is -0.0642. The Kier molecular flexibility index (Phi) is 4.60. The lowest BCUT2D eigenvalue weighted by atomic mass is 10.1. The molecule has 0 fully saturated rings. The molecule has 0 saturated heterocycles. The molecule has 0 radical (unpaired) electrons. The van der Waals surface area contributed by atoms with E-state index in [1.54, 1.807) is 0 Å². The molecule has 1 atom stereocenters. The van der Waals surface area contributed by atoms with E-state index in [1.807, 2.05) is 47.9 Å². The van der Waals surface area contributed by atoms with Crippen molar-refractivity contribution in [1.29, 1.82) is 0 Å². The van der Waals surface area contributed by atoms with Crippen LogP contribution < -0.4 is 10.1 Å². The van der Waals surface area contributed by atoms with Gasteiger partial charge in [-0.1, -0.05) is 41.9 Å². The van der Waals surface area contributed by atoms with Gasteiger partial charge in [-0.2, -0.15) is 0 Å². The fraction of sp³-hybridized carbons (Fsp3) is 0.286. The number of hydrogen-bond donors (Lipinski definition) is 1. The lowest BCUT2D eigenvalue weighted by Crippen LogP contribution is -2.34. The number of hydrogen-bond acceptors (Lipinski definition) is 2. The largest absolute Gasteiger partial charge is 0.490 e. The predicted molar refractivity (Wildman–Crippen MR) is 104 cm³/mol. The standard InChI is InChI=1S/C21H21ClN2O2/c1-14(7-8-15-5-3-2-4-6-15)23-21(25)18-13-16-17(22)9-10-19-20(16)24(18)11-12-26-19/h2-6,9-10,13-14H,7-8,11-12H2,1H3,(H,23,25)/t14-/m1/s1. The third-order valence-corrected chi connectivity index (χ3v) is 5.19. The van der Waals surface area contributed by atoms with Crippen LogP contribution in [0.15, 0.2) is 48.5 Å². The van der Waals surface area contributed by atoms with E-state index in [0.29, 0.717) is 23.9 Å². The van der Waals surface area contributed by atoms with E-state index < -0.39 is 0 Å². The monoisotopic (exact) mass is 368 g/mol. The van der Waals surface area contributed by atoms with Crippen LogP contribution in [-0.4, -0.2) is 23.1 Å². The second-order valence-corrected chi connectivity index (χ2v) is 7.14. The van der Waals surface area contributed by atoms with Gasteiger partial charge >= 0.3 is 0 Å². The third-order valence-electron chi connectivity index (χ3n) is 4.86. The van der Waals surface area contributed by atoms with E-state index in [2.05, 4.69) is 17.4 Å². The predicted octanol–water partition coefficient (Wildman–Crippen LogP) is 4.44. The molecule has 4 rings (SSSR count). The summed E-state index contributed by atoms with van der Waals surface area (Å²) in [5.74, 6) is 0.720. The molecule has 1 aromatic heterocycles. The molecule has 5 heteroatoms. The van der Waals surface area contributed by atoms with Gasteiger partial charge in [0.2, 0.25) is 0 Å². The van der Waals surface area contributed by atoms with Crippen LogP contribution in [0, 0.1) is 0 Å². The van der Waals surface area contributed by atoms with Gasteiger partial charge in [-0.15, -0.1) is 0 Å². The van der Waals surface area contributed by atoms with Crippen molar-refractivity contribution < 1.29 is 9.53 Å². The Labute approximate surface area is 157 Å². The number of carbonyl (C=O) groups is 1. The minimum Gasteiger partial charge on any atom is -0.490 e. The van der Waals surface area contributed by atoms with Crippen LogP contribution in [0.25, 0.3) is 10.9 Å². The first-order valence-corrected chi connectivity index (χ1v) is 9.30. The highest BCUT2D eigenvalue weighted by atomic mass is 35.5. The van der Waals surface area contributed by atoms with Crippen molar-refractivity contribution in [1.82, 2.24) is 9.88 Å². The van der Waals surface area contributed by atoms with Gasteiger partial charge < -0.3 is 14.6 Å². The van der Waals surface area contributed by atoms with E-state index in [4.69, 9.17) is 16.3 Å². The first kappa shape index (κ1) is 17.0. The topological polar surface area (TPSA) is 43.3 Å². The number of aryl methyl sites for hydroxylation is 1. The quantitative estimate of drug-likeness (QED) is 0.723. The number of ether oxygens (including phenoxy) is 1. The van der Waals surface area contributed by atoms with Crippen LogP contribution in [0.2, 0.25) is 5.02 Å². The Morgan fingerprint density at radius 3 is 2.88 bits per heavy atom. The van der Waals surface area contributed by atoms with Crippen molar-refractivity contribution in [2.45, 2.75) is 32.4 Å². The van der Waals surface area contributed by atoms with Crippen LogP contribution in [0.5, 0.6) is 5.75 Å². The molecular weight excluding hydrogens is 348 g/mol. The van der Waals surface area contributed by atoms with E-state index in [-0.39, 0.29) is 11.9 Å². The molecule has 1 aliphatic rings. The highest BCUT2D eigenvalue weighted by molar-refractivity contribution is 6.36. The summed E-state index contributed by atoms with van der Waals surface area (Å²) in [5.41, 5.74) is 2.83. The summed E-state index contributed by atoms with van der Waals surface area (Å²) < 4.78 is 7.71. The molecule has 134 valence electrons. The van der Waals surface area contributed by atoms with E-state index in [0.717, 1.165) is 29.5 Å². The number of carbonyl (C=O) groups excluding carboxylic acids is 1. The number of nitrogens with one attached hydrogen (secondary N) is 1. The highest BCUT2D eigenvalue weighted by Gasteiger charge is 2.23. The van der Waals surface area contributed by atoms with E-state index in [9.17, 15) is 4.79 Å². The van der Waals surface area contributed by atoms with Gasteiger partial charge in [0.15, 0.2) is 0 Å². The summed E-state index contributed by atoms with van der Waals surface area (Å²) >= 11 is 6.32. The van der Waals surface area contributed by atoms with E-state index >= 15 is 0 Å². The maximum Gasteiger partial charge on any atom is 0.268 e. The molecule has 0 saturated carbocycles. The SMILES string of the molecule is C[C@H](CCc1ccccc1)NC(=O)c1cc2c(Cl)ccc3c2n1CCO3. The second-order valence-electron chi connectivity index (χ2n) is 6.74. The van der Waals surface area contributed by atoms with Crippen molar-refractivity contribution in [3.05, 3.63) is 64.8 Å². The molecule has 26 heavy (non-hydrogen) atoms. The molecular formula is C21H21ClN2O2. The van der Waals surface area contributed by atoms with Crippen LogP contribution in [0.4, 0.5) is 0 Å². The fourth-order valence-corrected chi connectivity index (χ4v) is 3.70. The normalized spacial score (nSPS) is 14.1. The van der Waals surface area contributed by atoms with Crippen LogP contribution in [0.3, 0.4) is 0 Å². The van der Waals surface area contributed by atoms with Crippen molar-refractivity contribution >= 4 is 28.4 Å². The van der Waals surface area contributed by atoms with Gasteiger partial charge in [-0.3, -0.25) is 4.79 Å². The summed E-state index contributed by atoms with van der Waals surface area (Å²) in [6.07, 6.45) is 1.83. The van der Waals surface area contributed by atoms with Crippen LogP contribution in [0.1, 0.15) is 29.4 Å². The Morgan fingerprint density at radius 1 is 1.27 bits per heavy atom. The summed E-state index contributed by atoms with van der Waals surface area (Å²) in [4.78, 5) is 12.8. The molecule has 0 bridgehead atoms. The van der Waals surface area contributed by atoms with Gasteiger partial charge in [0.05, 0.1) is 17.1 Å². The zero-order chi connectivity index (χ0) is 18.1. The Hall–Kier alpha value is -2.46. The smallest absolute Gasteiger partial charge is 0.268 e. The number of aromatic nitrogens is 1. The third kappa shape index (κ3) is 3.17. The van der Waals surface area contributed by atoms with E-state index in [1.165, 1.54) is 5.56 Å². The lowest BCUT2D eigenvalue weighted by molar-refractivity contribution is 0.0928. The van der Waals surface area contributed by atoms with Gasteiger partial charge in [0.25, 0.3) is 5.91 Å². The molecule has 2 heterocycles. The zero-order valence-corrected chi connectivity index (χ0v) is 15.4. The van der Waals surface area contributed by atoms with Gasteiger partial charge in [0.1, 0.15) is 18.1 Å². The number of rotatable bonds is 5. The number of benzene rings is 2. The van der Waals surface area contributed by atoms with Crippen molar-refractivity contribution in [3.8, 4) is 5.75 Å². The summed E-state index contributed by atoms with van der Waals surface area (Å²) in [7, 11) is 0. The number of nitrogens with zero attached hydrogens (tertiary/aromatic N) is 1.